The van der Waals surface area contributed by atoms with E-state index in [-0.39, 0.29) is 26.2 Å². The lowest BCUT2D eigenvalue weighted by Crippen LogP contribution is -2.12. The first kappa shape index (κ1) is 21.4. The number of alkyl halides is 3. The number of aromatic nitrogens is 1. The van der Waals surface area contributed by atoms with E-state index in [2.05, 4.69) is 10.3 Å². The molecule has 0 aliphatic heterocycles. The summed E-state index contributed by atoms with van der Waals surface area (Å²) in [5.74, 6) is -0.864. The zero-order valence-corrected chi connectivity index (χ0v) is 16.7. The standard InChI is InChI=1S/C19H16ClF3N2O3S/c1-28-6-2-3-10-7-12(20)9-13(16(10)26)17(27)25-18-24-14-5-4-11(19(21,22)23)8-15(14)29-18/h4-5,7-9,26H,2-3,6H2,1H3,(H,24,25,27). The zero-order valence-electron chi connectivity index (χ0n) is 15.1. The Kier molecular flexibility index (Phi) is 6.30. The van der Waals surface area contributed by atoms with E-state index in [4.69, 9.17) is 16.3 Å². The maximum absolute atomic E-state index is 12.9. The Bertz CT molecular complexity index is 1050. The van der Waals surface area contributed by atoms with E-state index in [1.165, 1.54) is 12.1 Å². The van der Waals surface area contributed by atoms with E-state index in [9.17, 15) is 23.1 Å². The molecule has 0 saturated carbocycles. The van der Waals surface area contributed by atoms with Crippen LogP contribution in [0.2, 0.25) is 5.02 Å². The van der Waals surface area contributed by atoms with E-state index in [0.717, 1.165) is 23.5 Å². The molecule has 0 unspecified atom stereocenters. The minimum absolute atomic E-state index is 0.0415. The third kappa shape index (κ3) is 4.98. The van der Waals surface area contributed by atoms with Crippen LogP contribution in [0, 0.1) is 0 Å². The second-order valence-electron chi connectivity index (χ2n) is 6.21. The molecule has 0 bridgehead atoms. The Morgan fingerprint density at radius 1 is 1.31 bits per heavy atom. The van der Waals surface area contributed by atoms with Crippen molar-refractivity contribution in [3.63, 3.8) is 0 Å². The summed E-state index contributed by atoms with van der Waals surface area (Å²) in [4.78, 5) is 16.7. The topological polar surface area (TPSA) is 71.5 Å². The highest BCUT2D eigenvalue weighted by molar-refractivity contribution is 7.22. The van der Waals surface area contributed by atoms with Gasteiger partial charge in [-0.1, -0.05) is 22.9 Å². The van der Waals surface area contributed by atoms with Gasteiger partial charge in [-0.15, -0.1) is 0 Å². The average Bonchev–Trinajstić information content (AvgIpc) is 3.04. The molecular formula is C19H16ClF3N2O3S. The molecule has 0 atom stereocenters. The van der Waals surface area contributed by atoms with E-state index in [1.54, 1.807) is 13.2 Å². The molecule has 0 fully saturated rings. The summed E-state index contributed by atoms with van der Waals surface area (Å²) in [6.07, 6.45) is -3.37. The number of hydrogen-bond donors (Lipinski definition) is 2. The number of methoxy groups -OCH3 is 1. The highest BCUT2D eigenvalue weighted by Crippen LogP contribution is 2.35. The fraction of sp³-hybridized carbons (Fsp3) is 0.263. The van der Waals surface area contributed by atoms with Gasteiger partial charge in [-0.25, -0.2) is 4.98 Å². The first-order chi connectivity index (χ1) is 13.7. The smallest absolute Gasteiger partial charge is 0.416 e. The molecule has 0 aliphatic rings. The van der Waals surface area contributed by atoms with Crippen LogP contribution >= 0.6 is 22.9 Å². The summed E-state index contributed by atoms with van der Waals surface area (Å²) in [5.41, 5.74) is -0.00689. The van der Waals surface area contributed by atoms with Crippen LogP contribution in [0.15, 0.2) is 30.3 Å². The highest BCUT2D eigenvalue weighted by Gasteiger charge is 2.30. The lowest BCUT2D eigenvalue weighted by atomic mass is 10.0. The number of benzene rings is 2. The predicted octanol–water partition coefficient (Wildman–Crippen LogP) is 5.51. The third-order valence-electron chi connectivity index (χ3n) is 4.13. The van der Waals surface area contributed by atoms with Crippen LogP contribution in [-0.4, -0.2) is 29.7 Å². The molecule has 0 radical (unpaired) electrons. The maximum atomic E-state index is 12.9. The Morgan fingerprint density at radius 2 is 2.07 bits per heavy atom. The monoisotopic (exact) mass is 444 g/mol. The number of fused-ring (bicyclic) bond motifs is 1. The first-order valence-electron chi connectivity index (χ1n) is 8.48. The first-order valence-corrected chi connectivity index (χ1v) is 9.68. The highest BCUT2D eigenvalue weighted by atomic mass is 35.5. The van der Waals surface area contributed by atoms with Crippen molar-refractivity contribution in [2.75, 3.05) is 19.0 Å². The summed E-state index contributed by atoms with van der Waals surface area (Å²) in [7, 11) is 1.56. The van der Waals surface area contributed by atoms with Crippen LogP contribution in [-0.2, 0) is 17.3 Å². The number of thiazole rings is 1. The Morgan fingerprint density at radius 3 is 2.76 bits per heavy atom. The summed E-state index contributed by atoms with van der Waals surface area (Å²) < 4.78 is 43.8. The molecule has 0 spiro atoms. The fourth-order valence-electron chi connectivity index (χ4n) is 2.75. The molecule has 154 valence electrons. The van der Waals surface area contributed by atoms with E-state index in [1.807, 2.05) is 0 Å². The molecule has 1 aromatic heterocycles. The second-order valence-corrected chi connectivity index (χ2v) is 7.68. The molecule has 10 heteroatoms. The number of hydrogen-bond acceptors (Lipinski definition) is 5. The number of aromatic hydroxyl groups is 1. The lowest BCUT2D eigenvalue weighted by Gasteiger charge is -2.10. The van der Waals surface area contributed by atoms with Crippen LogP contribution in [0.3, 0.4) is 0 Å². The van der Waals surface area contributed by atoms with E-state index >= 15 is 0 Å². The van der Waals surface area contributed by atoms with Crippen molar-refractivity contribution in [1.82, 2.24) is 4.98 Å². The van der Waals surface area contributed by atoms with Gasteiger partial charge in [-0.05, 0) is 48.7 Å². The van der Waals surface area contributed by atoms with Crippen molar-refractivity contribution in [3.05, 3.63) is 52.0 Å². The van der Waals surface area contributed by atoms with Crippen molar-refractivity contribution in [1.29, 1.82) is 0 Å². The number of phenolic OH excluding ortho intramolecular Hbond substituents is 1. The number of anilines is 1. The number of rotatable bonds is 6. The van der Waals surface area contributed by atoms with E-state index in [0.29, 0.717) is 30.5 Å². The van der Waals surface area contributed by atoms with Gasteiger partial charge in [0.05, 0.1) is 21.3 Å². The van der Waals surface area contributed by atoms with Crippen molar-refractivity contribution in [2.45, 2.75) is 19.0 Å². The SMILES string of the molecule is COCCCc1cc(Cl)cc(C(=O)Nc2nc3ccc(C(F)(F)F)cc3s2)c1O. The van der Waals surface area contributed by atoms with Gasteiger partial charge in [0.25, 0.3) is 5.91 Å². The lowest BCUT2D eigenvalue weighted by molar-refractivity contribution is -0.137. The predicted molar refractivity (Wildman–Crippen MR) is 106 cm³/mol. The van der Waals surface area contributed by atoms with Crippen LogP contribution in [0.1, 0.15) is 27.9 Å². The summed E-state index contributed by atoms with van der Waals surface area (Å²) in [5, 5.41) is 13.3. The summed E-state index contributed by atoms with van der Waals surface area (Å²) in [6, 6.07) is 6.05. The zero-order chi connectivity index (χ0) is 21.2. The number of nitrogens with one attached hydrogen (secondary N) is 1. The molecular weight excluding hydrogens is 429 g/mol. The fourth-order valence-corrected chi connectivity index (χ4v) is 3.89. The maximum Gasteiger partial charge on any atom is 0.416 e. The average molecular weight is 445 g/mol. The van der Waals surface area contributed by atoms with Crippen LogP contribution in [0.25, 0.3) is 10.2 Å². The number of carbonyl (C=O) groups is 1. The summed E-state index contributed by atoms with van der Waals surface area (Å²) in [6.45, 7) is 0.485. The van der Waals surface area contributed by atoms with Crippen LogP contribution < -0.4 is 5.32 Å². The number of halogens is 4. The van der Waals surface area contributed by atoms with Crippen LogP contribution in [0.4, 0.5) is 18.3 Å². The Labute approximate surface area is 173 Å². The minimum Gasteiger partial charge on any atom is -0.507 e. The Hall–Kier alpha value is -2.36. The molecule has 0 saturated heterocycles. The summed E-state index contributed by atoms with van der Waals surface area (Å²) >= 11 is 6.97. The molecule has 1 amide bonds. The minimum atomic E-state index is -4.46. The number of amides is 1. The normalized spacial score (nSPS) is 11.8. The van der Waals surface area contributed by atoms with Gasteiger partial charge < -0.3 is 9.84 Å². The molecule has 2 aromatic carbocycles. The molecule has 3 aromatic rings. The number of nitrogens with zero attached hydrogens (tertiary/aromatic N) is 1. The largest absolute Gasteiger partial charge is 0.507 e. The molecule has 5 nitrogen and oxygen atoms in total. The van der Waals surface area contributed by atoms with Crippen molar-refractivity contribution < 1.29 is 27.8 Å². The number of aryl methyl sites for hydroxylation is 1. The van der Waals surface area contributed by atoms with Gasteiger partial charge in [-0.2, -0.15) is 13.2 Å². The van der Waals surface area contributed by atoms with E-state index < -0.39 is 17.6 Å². The molecule has 3 rings (SSSR count). The third-order valence-corrected chi connectivity index (χ3v) is 5.28. The van der Waals surface area contributed by atoms with Gasteiger partial charge >= 0.3 is 6.18 Å². The van der Waals surface area contributed by atoms with Gasteiger partial charge in [0, 0.05) is 18.7 Å². The van der Waals surface area contributed by atoms with Crippen LogP contribution in [0.5, 0.6) is 5.75 Å². The van der Waals surface area contributed by atoms with Crippen molar-refractivity contribution in [3.8, 4) is 5.75 Å². The molecule has 0 aliphatic carbocycles. The van der Waals surface area contributed by atoms with Crippen molar-refractivity contribution in [2.24, 2.45) is 0 Å². The van der Waals surface area contributed by atoms with Gasteiger partial charge in [-0.3, -0.25) is 10.1 Å². The quantitative estimate of drug-likeness (QED) is 0.492. The van der Waals surface area contributed by atoms with Gasteiger partial charge in [0.15, 0.2) is 5.13 Å². The number of carbonyl (C=O) groups excluding carboxylic acids is 1. The Balaban J connectivity index is 1.84. The molecule has 29 heavy (non-hydrogen) atoms. The second kappa shape index (κ2) is 8.56. The molecule has 1 heterocycles. The molecule has 2 N–H and O–H groups in total. The van der Waals surface area contributed by atoms with Gasteiger partial charge in [0.1, 0.15) is 5.75 Å². The van der Waals surface area contributed by atoms with Gasteiger partial charge in [0.2, 0.25) is 0 Å². The number of ether oxygens (including phenoxy) is 1. The number of phenols is 1. The van der Waals surface area contributed by atoms with Crippen molar-refractivity contribution >= 4 is 44.2 Å².